The second kappa shape index (κ2) is 6.35. The van der Waals surface area contributed by atoms with Gasteiger partial charge in [-0.25, -0.2) is 0 Å². The molecule has 2 rings (SSSR count). The van der Waals surface area contributed by atoms with Crippen molar-refractivity contribution in [3.8, 4) is 0 Å². The summed E-state index contributed by atoms with van der Waals surface area (Å²) in [5, 5.41) is 12.8. The zero-order valence-electron chi connectivity index (χ0n) is 11.5. The highest BCUT2D eigenvalue weighted by Crippen LogP contribution is 2.36. The van der Waals surface area contributed by atoms with E-state index in [2.05, 4.69) is 5.32 Å². The van der Waals surface area contributed by atoms with Gasteiger partial charge in [0, 0.05) is 6.54 Å². The molecule has 1 aliphatic rings. The quantitative estimate of drug-likeness (QED) is 0.817. The average molecular weight is 297 g/mol. The Morgan fingerprint density at radius 2 is 2.05 bits per heavy atom. The summed E-state index contributed by atoms with van der Waals surface area (Å²) < 4.78 is 5.33. The van der Waals surface area contributed by atoms with Crippen molar-refractivity contribution in [1.82, 2.24) is 5.32 Å². The number of nitrogens with one attached hydrogen (secondary N) is 1. The molecule has 1 saturated carbocycles. The van der Waals surface area contributed by atoms with E-state index in [1.165, 1.54) is 11.8 Å². The molecule has 110 valence electrons. The molecule has 1 amide bonds. The van der Waals surface area contributed by atoms with Crippen molar-refractivity contribution >= 4 is 23.6 Å². The molecular formula is C14H19NO4S. The first-order valence-corrected chi connectivity index (χ1v) is 7.95. The Kier molecular flexibility index (Phi) is 4.75. The molecule has 0 bridgehead atoms. The minimum atomic E-state index is -0.818. The molecule has 0 atom stereocenters. The topological polar surface area (TPSA) is 79.5 Å². The van der Waals surface area contributed by atoms with E-state index >= 15 is 0 Å². The van der Waals surface area contributed by atoms with Crippen molar-refractivity contribution < 1.29 is 19.1 Å². The highest BCUT2D eigenvalue weighted by Gasteiger charge is 2.39. The molecule has 0 aromatic carbocycles. The van der Waals surface area contributed by atoms with E-state index in [0.29, 0.717) is 17.9 Å². The van der Waals surface area contributed by atoms with Gasteiger partial charge in [0.05, 0.1) is 5.41 Å². The van der Waals surface area contributed by atoms with Crippen LogP contribution in [0.3, 0.4) is 0 Å². The van der Waals surface area contributed by atoms with Crippen LogP contribution in [0.25, 0.3) is 0 Å². The number of carbonyl (C=O) groups is 2. The molecule has 0 spiro atoms. The van der Waals surface area contributed by atoms with E-state index < -0.39 is 11.4 Å². The molecule has 1 aromatic rings. The van der Waals surface area contributed by atoms with E-state index in [9.17, 15) is 14.7 Å². The summed E-state index contributed by atoms with van der Waals surface area (Å²) in [4.78, 5) is 23.5. The molecule has 1 aromatic heterocycles. The number of amides is 1. The van der Waals surface area contributed by atoms with Gasteiger partial charge in [0.2, 0.25) is 0 Å². The largest absolute Gasteiger partial charge is 0.481 e. The third-order valence-electron chi connectivity index (χ3n) is 3.86. The van der Waals surface area contributed by atoms with Crippen LogP contribution in [0, 0.1) is 5.41 Å². The Morgan fingerprint density at radius 3 is 2.60 bits per heavy atom. The van der Waals surface area contributed by atoms with Crippen molar-refractivity contribution in [2.45, 2.75) is 37.2 Å². The fraction of sp³-hybridized carbons (Fsp3) is 0.571. The number of aliphatic carboxylic acids is 1. The lowest BCUT2D eigenvalue weighted by Gasteiger charge is -2.33. The van der Waals surface area contributed by atoms with Gasteiger partial charge >= 0.3 is 5.97 Å². The molecule has 20 heavy (non-hydrogen) atoms. The van der Waals surface area contributed by atoms with Crippen molar-refractivity contribution in [2.24, 2.45) is 5.41 Å². The first kappa shape index (κ1) is 15.0. The van der Waals surface area contributed by atoms with Crippen molar-refractivity contribution in [2.75, 3.05) is 12.8 Å². The van der Waals surface area contributed by atoms with Gasteiger partial charge in [0.15, 0.2) is 10.9 Å². The normalized spacial score (nSPS) is 17.6. The van der Waals surface area contributed by atoms with Crippen LogP contribution >= 0.6 is 11.8 Å². The van der Waals surface area contributed by atoms with Gasteiger partial charge in [-0.3, -0.25) is 9.59 Å². The van der Waals surface area contributed by atoms with Crippen molar-refractivity contribution in [3.63, 3.8) is 0 Å². The number of thioether (sulfide) groups is 1. The lowest BCUT2D eigenvalue weighted by Crippen LogP contribution is -2.44. The molecule has 1 heterocycles. The monoisotopic (exact) mass is 297 g/mol. The fourth-order valence-corrected chi connectivity index (χ4v) is 2.96. The van der Waals surface area contributed by atoms with Crippen LogP contribution in [0.15, 0.2) is 21.6 Å². The number of carboxylic acids is 1. The molecule has 0 radical (unpaired) electrons. The predicted octanol–water partition coefficient (Wildman–Crippen LogP) is 2.77. The summed E-state index contributed by atoms with van der Waals surface area (Å²) in [5.74, 6) is -0.941. The van der Waals surface area contributed by atoms with E-state index in [1.807, 2.05) is 6.26 Å². The van der Waals surface area contributed by atoms with Gasteiger partial charge in [0.25, 0.3) is 5.91 Å². The standard InChI is InChI=1S/C14H19NO4S/c1-20-11-6-5-10(19-11)12(16)15-9-14(13(17)18)7-3-2-4-8-14/h5-6H,2-4,7-9H2,1H3,(H,15,16)(H,17,18). The fourth-order valence-electron chi connectivity index (χ4n) is 2.58. The van der Waals surface area contributed by atoms with Gasteiger partial charge < -0.3 is 14.8 Å². The van der Waals surface area contributed by atoms with Gasteiger partial charge in [-0.2, -0.15) is 0 Å². The lowest BCUT2D eigenvalue weighted by molar-refractivity contribution is -0.150. The Labute approximate surface area is 122 Å². The summed E-state index contributed by atoms with van der Waals surface area (Å²) in [7, 11) is 0. The number of furan rings is 1. The maximum absolute atomic E-state index is 12.0. The molecule has 0 unspecified atom stereocenters. The minimum Gasteiger partial charge on any atom is -0.481 e. The van der Waals surface area contributed by atoms with Gasteiger partial charge in [-0.15, -0.1) is 0 Å². The summed E-state index contributed by atoms with van der Waals surface area (Å²) in [6.07, 6.45) is 5.98. The van der Waals surface area contributed by atoms with Crippen LogP contribution < -0.4 is 5.32 Å². The number of carboxylic acid groups (broad SMARTS) is 1. The second-order valence-electron chi connectivity index (χ2n) is 5.15. The molecule has 0 saturated heterocycles. The Bertz CT molecular complexity index is 491. The highest BCUT2D eigenvalue weighted by molar-refractivity contribution is 7.98. The Morgan fingerprint density at radius 1 is 1.35 bits per heavy atom. The first-order valence-electron chi connectivity index (χ1n) is 6.73. The SMILES string of the molecule is CSc1ccc(C(=O)NCC2(C(=O)O)CCCCC2)o1. The van der Waals surface area contributed by atoms with Crippen LogP contribution in [-0.2, 0) is 4.79 Å². The third-order valence-corrected chi connectivity index (χ3v) is 4.48. The zero-order chi connectivity index (χ0) is 14.6. The van der Waals surface area contributed by atoms with Crippen molar-refractivity contribution in [1.29, 1.82) is 0 Å². The summed E-state index contributed by atoms with van der Waals surface area (Å²) in [6, 6.07) is 3.34. The predicted molar refractivity (Wildman–Crippen MR) is 76.0 cm³/mol. The second-order valence-corrected chi connectivity index (χ2v) is 5.96. The Balaban J connectivity index is 1.98. The molecule has 1 aliphatic carbocycles. The first-order chi connectivity index (χ1) is 9.57. The number of hydrogen-bond donors (Lipinski definition) is 2. The average Bonchev–Trinajstić information content (AvgIpc) is 2.94. The summed E-state index contributed by atoms with van der Waals surface area (Å²) in [6.45, 7) is 0.163. The maximum Gasteiger partial charge on any atom is 0.311 e. The third kappa shape index (κ3) is 3.17. The van der Waals surface area contributed by atoms with E-state index in [1.54, 1.807) is 12.1 Å². The molecule has 6 heteroatoms. The van der Waals surface area contributed by atoms with Crippen LogP contribution in [0.2, 0.25) is 0 Å². The minimum absolute atomic E-state index is 0.163. The van der Waals surface area contributed by atoms with Crippen LogP contribution in [0.1, 0.15) is 42.7 Å². The highest BCUT2D eigenvalue weighted by atomic mass is 32.2. The van der Waals surface area contributed by atoms with E-state index in [4.69, 9.17) is 4.42 Å². The van der Waals surface area contributed by atoms with Crippen LogP contribution in [0.5, 0.6) is 0 Å². The Hall–Kier alpha value is -1.43. The molecule has 5 nitrogen and oxygen atoms in total. The zero-order valence-corrected chi connectivity index (χ0v) is 12.3. The van der Waals surface area contributed by atoms with Gasteiger partial charge in [-0.05, 0) is 31.2 Å². The smallest absolute Gasteiger partial charge is 0.311 e. The van der Waals surface area contributed by atoms with E-state index in [-0.39, 0.29) is 18.2 Å². The summed E-state index contributed by atoms with van der Waals surface area (Å²) >= 11 is 1.42. The summed E-state index contributed by atoms with van der Waals surface area (Å²) in [5.41, 5.74) is -0.817. The number of rotatable bonds is 5. The molecular weight excluding hydrogens is 278 g/mol. The van der Waals surface area contributed by atoms with Crippen LogP contribution in [0.4, 0.5) is 0 Å². The molecule has 0 aliphatic heterocycles. The number of hydrogen-bond acceptors (Lipinski definition) is 4. The van der Waals surface area contributed by atoms with Crippen LogP contribution in [-0.4, -0.2) is 29.8 Å². The van der Waals surface area contributed by atoms with Crippen molar-refractivity contribution in [3.05, 3.63) is 17.9 Å². The molecule has 2 N–H and O–H groups in total. The lowest BCUT2D eigenvalue weighted by atomic mass is 9.74. The van der Waals surface area contributed by atoms with E-state index in [0.717, 1.165) is 19.3 Å². The van der Waals surface area contributed by atoms with Gasteiger partial charge in [-0.1, -0.05) is 31.0 Å². The molecule has 1 fully saturated rings. The maximum atomic E-state index is 12.0. The number of carbonyl (C=O) groups excluding carboxylic acids is 1. The van der Waals surface area contributed by atoms with Gasteiger partial charge in [0.1, 0.15) is 0 Å².